The number of aryl methyl sites for hydroxylation is 1. The molecule has 1 aromatic heterocycles. The Balaban J connectivity index is 1.65. The molecule has 1 fully saturated rings. The van der Waals surface area contributed by atoms with Crippen LogP contribution < -0.4 is 21.4 Å². The molecular weight excluding hydrogens is 416 g/mol. The maximum atomic E-state index is 13.3. The summed E-state index contributed by atoms with van der Waals surface area (Å²) in [6.45, 7) is 6.73. The van der Waals surface area contributed by atoms with Crippen LogP contribution in [0.5, 0.6) is 0 Å². The van der Waals surface area contributed by atoms with Crippen molar-refractivity contribution in [1.82, 2.24) is 9.88 Å². The number of rotatable bonds is 8. The van der Waals surface area contributed by atoms with Crippen LogP contribution in [0.3, 0.4) is 0 Å². The number of pyridine rings is 1. The summed E-state index contributed by atoms with van der Waals surface area (Å²) in [6.07, 6.45) is 3.71. The molecule has 174 valence electrons. The van der Waals surface area contributed by atoms with Gasteiger partial charge in [-0.1, -0.05) is 37.6 Å². The number of anilines is 1. The van der Waals surface area contributed by atoms with E-state index in [1.807, 2.05) is 41.0 Å². The Bertz CT molecular complexity index is 1180. The minimum atomic E-state index is -0.359. The highest BCUT2D eigenvalue weighted by atomic mass is 16.5. The highest BCUT2D eigenvalue weighted by molar-refractivity contribution is 5.97. The Morgan fingerprint density at radius 2 is 1.91 bits per heavy atom. The number of nitrogens with zero attached hydrogens (tertiary/aromatic N) is 2. The number of ether oxygens (including phenoxy) is 1. The SMILES string of the molecule is CCCCn1cc(C(=O)NCc2cccc(CN)c2)c(=O)c2ccc(N3CCOCC3)cc21. The maximum absolute atomic E-state index is 13.3. The molecule has 2 heterocycles. The van der Waals surface area contributed by atoms with Crippen LogP contribution in [0, 0.1) is 0 Å². The van der Waals surface area contributed by atoms with Crippen molar-refractivity contribution in [3.8, 4) is 0 Å². The molecule has 1 saturated heterocycles. The molecule has 3 aromatic rings. The van der Waals surface area contributed by atoms with Gasteiger partial charge in [-0.25, -0.2) is 0 Å². The van der Waals surface area contributed by atoms with Crippen LogP contribution >= 0.6 is 0 Å². The molecule has 0 spiro atoms. The lowest BCUT2D eigenvalue weighted by Gasteiger charge is -2.29. The van der Waals surface area contributed by atoms with E-state index in [9.17, 15) is 9.59 Å². The standard InChI is InChI=1S/C26H32N4O3/c1-2-3-9-30-18-23(26(32)28-17-20-6-4-5-19(14-20)16-27)25(31)22-8-7-21(15-24(22)30)29-10-12-33-13-11-29/h4-8,14-15,18H,2-3,9-13,16-17,27H2,1H3,(H,28,32). The number of nitrogens with two attached hydrogens (primary N) is 1. The number of unbranched alkanes of at least 4 members (excludes halogenated alkanes) is 1. The van der Waals surface area contributed by atoms with E-state index in [0.717, 1.165) is 54.8 Å². The van der Waals surface area contributed by atoms with Gasteiger partial charge in [-0.2, -0.15) is 0 Å². The Labute approximate surface area is 194 Å². The number of fused-ring (bicyclic) bond motifs is 1. The first-order chi connectivity index (χ1) is 16.1. The monoisotopic (exact) mass is 448 g/mol. The Kier molecular flexibility index (Phi) is 7.42. The lowest BCUT2D eigenvalue weighted by molar-refractivity contribution is 0.0949. The fourth-order valence-electron chi connectivity index (χ4n) is 4.22. The van der Waals surface area contributed by atoms with E-state index < -0.39 is 0 Å². The number of amides is 1. The second kappa shape index (κ2) is 10.6. The Hall–Kier alpha value is -3.16. The first-order valence-corrected chi connectivity index (χ1v) is 11.7. The van der Waals surface area contributed by atoms with Gasteiger partial charge in [0, 0.05) is 50.0 Å². The summed E-state index contributed by atoms with van der Waals surface area (Å²) in [7, 11) is 0. The number of nitrogens with one attached hydrogen (secondary N) is 1. The van der Waals surface area contributed by atoms with Crippen molar-refractivity contribution in [1.29, 1.82) is 0 Å². The number of hydrogen-bond donors (Lipinski definition) is 2. The van der Waals surface area contributed by atoms with Gasteiger partial charge in [-0.3, -0.25) is 9.59 Å². The first kappa shape index (κ1) is 23.0. The summed E-state index contributed by atoms with van der Waals surface area (Å²) in [4.78, 5) is 28.5. The summed E-state index contributed by atoms with van der Waals surface area (Å²) in [5, 5.41) is 3.47. The molecule has 3 N–H and O–H groups in total. The van der Waals surface area contributed by atoms with Gasteiger partial charge in [0.15, 0.2) is 0 Å². The van der Waals surface area contributed by atoms with E-state index in [2.05, 4.69) is 23.2 Å². The summed E-state index contributed by atoms with van der Waals surface area (Å²) < 4.78 is 7.52. The molecule has 0 aliphatic carbocycles. The van der Waals surface area contributed by atoms with E-state index in [4.69, 9.17) is 10.5 Å². The lowest BCUT2D eigenvalue weighted by Crippen LogP contribution is -2.36. The zero-order valence-corrected chi connectivity index (χ0v) is 19.2. The third-order valence-electron chi connectivity index (χ3n) is 6.12. The quantitative estimate of drug-likeness (QED) is 0.553. The minimum Gasteiger partial charge on any atom is -0.378 e. The molecule has 0 unspecified atom stereocenters. The molecule has 0 bridgehead atoms. The number of hydrogen-bond acceptors (Lipinski definition) is 5. The summed E-state index contributed by atoms with van der Waals surface area (Å²) in [5.74, 6) is -0.359. The van der Waals surface area contributed by atoms with E-state index in [0.29, 0.717) is 31.7 Å². The van der Waals surface area contributed by atoms with E-state index in [1.165, 1.54) is 0 Å². The van der Waals surface area contributed by atoms with Crippen LogP contribution in [0.4, 0.5) is 5.69 Å². The second-order valence-corrected chi connectivity index (χ2v) is 8.43. The minimum absolute atomic E-state index is 0.174. The van der Waals surface area contributed by atoms with Gasteiger partial charge in [0.05, 0.1) is 18.7 Å². The number of aromatic nitrogens is 1. The normalized spacial score (nSPS) is 13.9. The fourth-order valence-corrected chi connectivity index (χ4v) is 4.22. The average molecular weight is 449 g/mol. The van der Waals surface area contributed by atoms with E-state index >= 15 is 0 Å². The van der Waals surface area contributed by atoms with Gasteiger partial charge >= 0.3 is 0 Å². The molecule has 2 aromatic carbocycles. The fraction of sp³-hybridized carbons (Fsp3) is 0.385. The zero-order valence-electron chi connectivity index (χ0n) is 19.2. The molecule has 1 aliphatic rings. The third kappa shape index (κ3) is 5.26. The molecule has 1 aliphatic heterocycles. The van der Waals surface area contributed by atoms with Crippen molar-refractivity contribution in [3.05, 3.63) is 75.6 Å². The maximum Gasteiger partial charge on any atom is 0.257 e. The first-order valence-electron chi connectivity index (χ1n) is 11.7. The van der Waals surface area contributed by atoms with E-state index in [-0.39, 0.29) is 16.9 Å². The van der Waals surface area contributed by atoms with Gasteiger partial charge in [-0.15, -0.1) is 0 Å². The van der Waals surface area contributed by atoms with Crippen LogP contribution in [0.2, 0.25) is 0 Å². The van der Waals surface area contributed by atoms with E-state index in [1.54, 1.807) is 6.20 Å². The average Bonchev–Trinajstić information content (AvgIpc) is 2.87. The molecule has 4 rings (SSSR count). The van der Waals surface area contributed by atoms with Gasteiger partial charge in [0.25, 0.3) is 5.91 Å². The highest BCUT2D eigenvalue weighted by Gasteiger charge is 2.18. The number of benzene rings is 2. The molecule has 0 saturated carbocycles. The zero-order chi connectivity index (χ0) is 23.2. The molecule has 0 radical (unpaired) electrons. The van der Waals surface area contributed by atoms with Gasteiger partial charge < -0.3 is 25.3 Å². The van der Waals surface area contributed by atoms with Crippen LogP contribution in [0.15, 0.2) is 53.5 Å². The van der Waals surface area contributed by atoms with Crippen molar-refractivity contribution >= 4 is 22.5 Å². The summed E-state index contributed by atoms with van der Waals surface area (Å²) in [5.41, 5.74) is 9.55. The topological polar surface area (TPSA) is 89.6 Å². The predicted octanol–water partition coefficient (Wildman–Crippen LogP) is 3.03. The molecule has 7 heteroatoms. The van der Waals surface area contributed by atoms with Crippen molar-refractivity contribution in [2.45, 2.75) is 39.4 Å². The van der Waals surface area contributed by atoms with Crippen LogP contribution in [-0.2, 0) is 24.4 Å². The Morgan fingerprint density at radius 1 is 1.12 bits per heavy atom. The molecular formula is C26H32N4O3. The third-order valence-corrected chi connectivity index (χ3v) is 6.12. The smallest absolute Gasteiger partial charge is 0.257 e. The summed E-state index contributed by atoms with van der Waals surface area (Å²) in [6, 6.07) is 13.7. The van der Waals surface area contributed by atoms with Crippen molar-refractivity contribution < 1.29 is 9.53 Å². The van der Waals surface area contributed by atoms with Gasteiger partial charge in [-0.05, 0) is 35.7 Å². The van der Waals surface area contributed by atoms with Crippen LogP contribution in [0.1, 0.15) is 41.3 Å². The van der Waals surface area contributed by atoms with Crippen molar-refractivity contribution in [3.63, 3.8) is 0 Å². The Morgan fingerprint density at radius 3 is 2.67 bits per heavy atom. The lowest BCUT2D eigenvalue weighted by atomic mass is 10.1. The number of morpholine rings is 1. The molecule has 7 nitrogen and oxygen atoms in total. The molecule has 0 atom stereocenters. The van der Waals surface area contributed by atoms with Gasteiger partial charge in [0.2, 0.25) is 5.43 Å². The van der Waals surface area contributed by atoms with Crippen LogP contribution in [-0.4, -0.2) is 36.8 Å². The second-order valence-electron chi connectivity index (χ2n) is 8.43. The summed E-state index contributed by atoms with van der Waals surface area (Å²) >= 11 is 0. The van der Waals surface area contributed by atoms with Crippen LogP contribution in [0.25, 0.3) is 10.9 Å². The largest absolute Gasteiger partial charge is 0.378 e. The van der Waals surface area contributed by atoms with Crippen molar-refractivity contribution in [2.24, 2.45) is 5.73 Å². The molecule has 1 amide bonds. The predicted molar refractivity (Wildman–Crippen MR) is 132 cm³/mol. The molecule has 33 heavy (non-hydrogen) atoms. The highest BCUT2D eigenvalue weighted by Crippen LogP contribution is 2.22. The van der Waals surface area contributed by atoms with Crippen molar-refractivity contribution in [2.75, 3.05) is 31.2 Å². The number of carbonyl (C=O) groups excluding carboxylic acids is 1. The number of carbonyl (C=O) groups is 1. The van der Waals surface area contributed by atoms with Gasteiger partial charge in [0.1, 0.15) is 5.56 Å².